The molecule has 8 unspecified atom stereocenters. The van der Waals surface area contributed by atoms with Crippen LogP contribution in [0.15, 0.2) is 12.7 Å². The van der Waals surface area contributed by atoms with Gasteiger partial charge in [0.2, 0.25) is 11.8 Å². The highest BCUT2D eigenvalue weighted by Crippen LogP contribution is 2.56. The lowest BCUT2D eigenvalue weighted by Gasteiger charge is -2.36. The second-order valence-corrected chi connectivity index (χ2v) is 20.4. The van der Waals surface area contributed by atoms with Crippen LogP contribution in [-0.2, 0) is 61.2 Å². The number of ether oxygens (including phenoxy) is 2. The zero-order valence-electron chi connectivity index (χ0n) is 33.8. The van der Waals surface area contributed by atoms with Gasteiger partial charge in [-0.25, -0.2) is 19.3 Å². The Hall–Kier alpha value is -2.52. The van der Waals surface area contributed by atoms with E-state index >= 15 is 0 Å². The Morgan fingerprint density at radius 1 is 1.05 bits per heavy atom. The number of carbonyl (C=O) groups is 3. The molecule has 0 bridgehead atoms. The fourth-order valence-corrected chi connectivity index (χ4v) is 9.84. The average Bonchev–Trinajstić information content (AvgIpc) is 3.73. The fraction of sp³-hybridized carbons (Fsp3) is 0.750. The van der Waals surface area contributed by atoms with Gasteiger partial charge in [0.15, 0.2) is 22.3 Å². The van der Waals surface area contributed by atoms with E-state index in [4.69, 9.17) is 15.2 Å². The molecule has 2 fully saturated rings. The number of aromatic nitrogens is 4. The summed E-state index contributed by atoms with van der Waals surface area (Å²) in [5.41, 5.74) is 1.99. The largest absolute Gasteiger partial charge is 0.790 e. The van der Waals surface area contributed by atoms with Crippen molar-refractivity contribution in [3.05, 3.63) is 12.7 Å². The summed E-state index contributed by atoms with van der Waals surface area (Å²) in [6, 6.07) is 0. The molecule has 4 rings (SSSR count). The quantitative estimate of drug-likeness (QED) is 0.0464. The summed E-state index contributed by atoms with van der Waals surface area (Å²) >= 11 is 0.933. The van der Waals surface area contributed by atoms with Gasteiger partial charge in [-0.15, -0.1) is 0 Å². The number of anilines is 1. The van der Waals surface area contributed by atoms with Crippen LogP contribution in [0.3, 0.4) is 0 Å². The Morgan fingerprint density at radius 2 is 1.73 bits per heavy atom. The number of hydrogen-bond donors (Lipinski definition) is 6. The topological polar surface area (TPSA) is 404 Å². The predicted octanol–water partition coefficient (Wildman–Crippen LogP) is -2.59. The first-order valence-electron chi connectivity index (χ1n) is 19.1. The molecule has 7 N–H and O–H groups in total. The van der Waals surface area contributed by atoms with Crippen molar-refractivity contribution in [2.24, 2.45) is 5.41 Å². The van der Waals surface area contributed by atoms with Gasteiger partial charge < -0.3 is 78.9 Å². The van der Waals surface area contributed by atoms with Gasteiger partial charge in [-0.3, -0.25) is 28.1 Å². The third kappa shape index (κ3) is 15.3. The number of phosphoric ester groups is 3. The van der Waals surface area contributed by atoms with Gasteiger partial charge in [0, 0.05) is 37.1 Å². The first kappa shape index (κ1) is 52.1. The number of imidazole rings is 1. The van der Waals surface area contributed by atoms with E-state index in [9.17, 15) is 63.0 Å². The Labute approximate surface area is 359 Å². The van der Waals surface area contributed by atoms with Crippen molar-refractivity contribution in [1.82, 2.24) is 30.2 Å². The number of nitrogens with one attached hydrogen (secondary N) is 2. The van der Waals surface area contributed by atoms with Crippen molar-refractivity contribution in [2.75, 3.05) is 44.4 Å². The molecule has 2 aromatic heterocycles. The summed E-state index contributed by atoms with van der Waals surface area (Å²) in [7, 11) is -17.7. The van der Waals surface area contributed by atoms with Gasteiger partial charge in [-0.05, 0) is 19.8 Å². The molecule has 2 aliphatic rings. The minimum absolute atomic E-state index is 0.0302. The molecule has 2 aromatic rings. The molecule has 26 nitrogen and oxygen atoms in total. The van der Waals surface area contributed by atoms with Crippen molar-refractivity contribution in [3.8, 4) is 0 Å². The second-order valence-electron chi connectivity index (χ2n) is 15.2. The SMILES string of the molecule is CC(C)(COP(=O)([O-])OP(=O)([O-])OCC1OC(C)(n2cnc3c(N)ncnc32)C(O)C1OP(=O)([O-])[O-])C(O)C(=O)NCCC(=O)NCCSC(=O)CC(O)COC1CCCCC1. The number of thioether (sulfide) groups is 1. The third-order valence-corrected chi connectivity index (χ3v) is 13.6. The Morgan fingerprint density at radius 3 is 2.40 bits per heavy atom. The molecule has 0 radical (unpaired) electrons. The lowest BCUT2D eigenvalue weighted by Crippen LogP contribution is -2.46. The third-order valence-electron chi connectivity index (χ3n) is 9.70. The normalized spacial score (nSPS) is 24.3. The average molecular weight is 962 g/mol. The zero-order chi connectivity index (χ0) is 46.1. The lowest BCUT2D eigenvalue weighted by molar-refractivity contribution is -0.347. The van der Waals surface area contributed by atoms with Gasteiger partial charge in [-0.2, -0.15) is 0 Å². The fourth-order valence-electron chi connectivity index (χ4n) is 6.37. The van der Waals surface area contributed by atoms with Crippen LogP contribution >= 0.6 is 35.2 Å². The van der Waals surface area contributed by atoms with Crippen LogP contribution in [0.2, 0.25) is 0 Å². The van der Waals surface area contributed by atoms with Crippen molar-refractivity contribution in [1.29, 1.82) is 0 Å². The van der Waals surface area contributed by atoms with Crippen LogP contribution in [0.4, 0.5) is 5.82 Å². The van der Waals surface area contributed by atoms with Crippen molar-refractivity contribution < 1.29 is 90.3 Å². The summed E-state index contributed by atoms with van der Waals surface area (Å²) in [5.74, 6) is -1.40. The van der Waals surface area contributed by atoms with Gasteiger partial charge in [0.25, 0.3) is 15.6 Å². The number of fused-ring (bicyclic) bond motifs is 1. The van der Waals surface area contributed by atoms with Gasteiger partial charge >= 0.3 is 0 Å². The van der Waals surface area contributed by atoms with Crippen molar-refractivity contribution in [3.63, 3.8) is 0 Å². The molecule has 3 heterocycles. The van der Waals surface area contributed by atoms with E-state index in [2.05, 4.69) is 43.5 Å². The maximum atomic E-state index is 12.6. The van der Waals surface area contributed by atoms with E-state index < -0.39 is 90.2 Å². The highest BCUT2D eigenvalue weighted by molar-refractivity contribution is 8.13. The second kappa shape index (κ2) is 22.1. The number of rotatable bonds is 24. The molecule has 1 saturated heterocycles. The smallest absolute Gasteiger partial charge is 0.274 e. The Bertz CT molecular complexity index is 2000. The highest BCUT2D eigenvalue weighted by atomic mass is 32.2. The number of nitrogens with two attached hydrogens (primary N) is 1. The van der Waals surface area contributed by atoms with Crippen LogP contribution in [0.1, 0.15) is 65.7 Å². The highest BCUT2D eigenvalue weighted by Gasteiger charge is 2.55. The lowest BCUT2D eigenvalue weighted by atomic mass is 9.87. The van der Waals surface area contributed by atoms with Crippen LogP contribution < -0.4 is 35.9 Å². The van der Waals surface area contributed by atoms with Crippen LogP contribution in [-0.4, -0.2) is 127 Å². The first-order chi connectivity index (χ1) is 28.8. The monoisotopic (exact) mass is 961 g/mol. The Kier molecular flexibility index (Phi) is 18.6. The van der Waals surface area contributed by atoms with E-state index in [-0.39, 0.29) is 66.5 Å². The molecule has 62 heavy (non-hydrogen) atoms. The number of hydrogen-bond acceptors (Lipinski definition) is 24. The zero-order valence-corrected chi connectivity index (χ0v) is 37.3. The van der Waals surface area contributed by atoms with E-state index in [1.165, 1.54) is 20.8 Å². The minimum Gasteiger partial charge on any atom is -0.790 e. The molecular formula is C32H50N7O19P3S-4. The van der Waals surface area contributed by atoms with Crippen LogP contribution in [0, 0.1) is 5.41 Å². The predicted molar refractivity (Wildman–Crippen MR) is 206 cm³/mol. The molecule has 1 aliphatic heterocycles. The molecule has 1 saturated carbocycles. The van der Waals surface area contributed by atoms with Gasteiger partial charge in [-0.1, -0.05) is 44.9 Å². The number of carbonyl (C=O) groups excluding carboxylic acids is 3. The molecule has 0 aromatic carbocycles. The number of nitrogen functional groups attached to an aromatic ring is 1. The van der Waals surface area contributed by atoms with Gasteiger partial charge in [0.05, 0.1) is 46.2 Å². The van der Waals surface area contributed by atoms with Crippen LogP contribution in [0.25, 0.3) is 11.2 Å². The summed E-state index contributed by atoms with van der Waals surface area (Å²) in [4.78, 5) is 97.0. The summed E-state index contributed by atoms with van der Waals surface area (Å²) < 4.78 is 66.9. The molecule has 2 amide bonds. The van der Waals surface area contributed by atoms with Gasteiger partial charge in [0.1, 0.15) is 36.3 Å². The van der Waals surface area contributed by atoms with Crippen LogP contribution in [0.5, 0.6) is 0 Å². The molecule has 8 atom stereocenters. The summed E-state index contributed by atoms with van der Waals surface area (Å²) in [5, 5.41) is 36.3. The Balaban J connectivity index is 1.19. The maximum absolute atomic E-state index is 12.6. The first-order valence-corrected chi connectivity index (χ1v) is 24.5. The molecule has 352 valence electrons. The number of phosphoric acid groups is 3. The number of amides is 2. The number of nitrogens with zero attached hydrogens (tertiary/aromatic N) is 4. The van der Waals surface area contributed by atoms with E-state index in [1.807, 2.05) is 0 Å². The summed E-state index contributed by atoms with van der Waals surface area (Å²) in [6.07, 6.45) is -1.91. The van der Waals surface area contributed by atoms with E-state index in [0.717, 1.165) is 61.1 Å². The number of aliphatic hydroxyl groups is 3. The molecule has 30 heteroatoms. The number of aliphatic hydroxyl groups excluding tert-OH is 3. The molecule has 0 spiro atoms. The standard InChI is InChI=1S/C32H54N7O19P3S/c1-31(2,27(44)30(45)35-10-9-22(41)34-11-12-62-23(42)13-19(40)14-53-20-7-5-4-6-8-20)16-55-61(51,52)58-60(49,50)54-15-21-25(57-59(46,47)48)26(43)32(3,56-21)39-18-38-24-28(33)36-17-37-29(24)39/h17-21,25-27,40,43-44H,4-16H2,1-3H3,(H,34,41)(H,35,45)(H,49,50)(H,51,52)(H2,33,36,37)(H2,46,47,48)/p-4. The summed E-state index contributed by atoms with van der Waals surface area (Å²) in [6.45, 7) is 1.16. The van der Waals surface area contributed by atoms with Crippen molar-refractivity contribution >= 4 is 69.1 Å². The van der Waals surface area contributed by atoms with E-state index in [1.54, 1.807) is 0 Å². The van der Waals surface area contributed by atoms with Crippen molar-refractivity contribution in [2.45, 2.75) is 108 Å². The van der Waals surface area contributed by atoms with E-state index in [0.29, 0.717) is 0 Å². The minimum atomic E-state index is -5.95. The molecular weight excluding hydrogens is 911 g/mol. The molecule has 1 aliphatic carbocycles. The maximum Gasteiger partial charge on any atom is 0.274 e.